The molecule has 4 aliphatic rings. The smallest absolute Gasteiger partial charge is 0.190 e. The summed E-state index contributed by atoms with van der Waals surface area (Å²) < 4.78 is 10.8. The maximum atomic E-state index is 10.9. The van der Waals surface area contributed by atoms with Crippen LogP contribution in [-0.4, -0.2) is 18.4 Å². The molecule has 0 aliphatic heterocycles. The van der Waals surface area contributed by atoms with E-state index < -0.39 is 5.97 Å². The van der Waals surface area contributed by atoms with E-state index in [-0.39, 0.29) is 45.1 Å². The molecule has 0 unspecified atom stereocenters. The molecule has 0 spiro atoms. The topological polar surface area (TPSA) is 35.5 Å². The zero-order valence-corrected chi connectivity index (χ0v) is 13.5. The van der Waals surface area contributed by atoms with Crippen molar-refractivity contribution in [3.05, 3.63) is 12.7 Å². The minimum Gasteiger partial charge on any atom is -0.464 e. The van der Waals surface area contributed by atoms with Crippen molar-refractivity contribution in [2.45, 2.75) is 44.1 Å². The van der Waals surface area contributed by atoms with Crippen LogP contribution >= 0.6 is 0 Å². The third-order valence-electron chi connectivity index (χ3n) is 4.68. The van der Waals surface area contributed by atoms with E-state index in [1.165, 1.54) is 19.3 Å². The Labute approximate surface area is 134 Å². The van der Waals surface area contributed by atoms with Gasteiger partial charge in [-0.2, -0.15) is 0 Å². The summed E-state index contributed by atoms with van der Waals surface area (Å²) in [5.74, 6) is 2.03. The summed E-state index contributed by atoms with van der Waals surface area (Å²) >= 11 is 0. The normalized spacial score (nSPS) is 40.1. The van der Waals surface area contributed by atoms with Gasteiger partial charge < -0.3 is 15.5 Å². The van der Waals surface area contributed by atoms with Crippen LogP contribution in [0.3, 0.4) is 0 Å². The molecule has 4 rings (SSSR count). The van der Waals surface area contributed by atoms with Crippen molar-refractivity contribution >= 4 is 5.97 Å². The molecule has 0 heterocycles. The van der Waals surface area contributed by atoms with E-state index in [1.54, 1.807) is 0 Å². The summed E-state index contributed by atoms with van der Waals surface area (Å²) in [5, 5.41) is 0. The van der Waals surface area contributed by atoms with E-state index in [0.717, 1.165) is 37.0 Å². The molecule has 4 bridgehead atoms. The first-order chi connectivity index (χ1) is 8.19. The second-order valence-electron chi connectivity index (χ2n) is 5.97. The molecular formula is C14H19O3Y-. The largest absolute Gasteiger partial charge is 0.464 e. The first-order valence-electron chi connectivity index (χ1n) is 6.53. The fraction of sp³-hybridized carbons (Fsp3) is 0.786. The van der Waals surface area contributed by atoms with Crippen molar-refractivity contribution < 1.29 is 47.0 Å². The Morgan fingerprint density at radius 3 is 2.11 bits per heavy atom. The number of hydrogen-bond donors (Lipinski definition) is 0. The van der Waals surface area contributed by atoms with Gasteiger partial charge in [0.05, 0.1) is 5.60 Å². The number of carbonyl (C=O) groups is 1. The molecule has 4 heteroatoms. The Kier molecular flexibility index (Phi) is 4.67. The van der Waals surface area contributed by atoms with E-state index in [0.29, 0.717) is 0 Å². The molecule has 0 aromatic rings. The van der Waals surface area contributed by atoms with Crippen molar-refractivity contribution in [2.75, 3.05) is 6.79 Å². The molecule has 0 amide bonds. The molecule has 3 nitrogen and oxygen atoms in total. The summed E-state index contributed by atoms with van der Waals surface area (Å²) in [6.07, 6.45) is 9.84. The molecular weight excluding hydrogens is 305 g/mol. The maximum absolute atomic E-state index is 10.9. The summed E-state index contributed by atoms with van der Waals surface area (Å²) in [6.45, 7) is 3.31. The van der Waals surface area contributed by atoms with Crippen molar-refractivity contribution in [3.63, 3.8) is 0 Å². The van der Waals surface area contributed by atoms with Gasteiger partial charge in [-0.1, -0.05) is 0 Å². The Bertz CT molecular complexity index is 305. The third kappa shape index (κ3) is 2.89. The Morgan fingerprint density at radius 2 is 1.67 bits per heavy atom. The van der Waals surface area contributed by atoms with E-state index in [2.05, 4.69) is 12.7 Å². The molecule has 18 heavy (non-hydrogen) atoms. The molecule has 1 radical (unpaired) electrons. The molecule has 0 N–H and O–H groups in total. The average Bonchev–Trinajstić information content (AvgIpc) is 2.26. The van der Waals surface area contributed by atoms with Gasteiger partial charge in [0.25, 0.3) is 0 Å². The van der Waals surface area contributed by atoms with Crippen LogP contribution in [0.25, 0.3) is 0 Å². The first-order valence-corrected chi connectivity index (χ1v) is 6.53. The average molecular weight is 324 g/mol. The standard InChI is InChI=1S/C14H19O3.Y/c1-2-13(15)16-9-17-14-6-10-3-11(7-14)5-12(4-10)8-14;/h10-12H,1,3-9H2;/q-1;. The van der Waals surface area contributed by atoms with Crippen LogP contribution in [0, 0.1) is 23.8 Å². The number of ether oxygens (including phenoxy) is 2. The zero-order chi connectivity index (χ0) is 11.9. The van der Waals surface area contributed by atoms with Crippen LogP contribution in [0.1, 0.15) is 38.5 Å². The molecule has 0 aromatic carbocycles. The Hall–Kier alpha value is 0.274. The summed E-state index contributed by atoms with van der Waals surface area (Å²) in [6, 6.07) is 0. The van der Waals surface area contributed by atoms with Gasteiger partial charge in [0.15, 0.2) is 6.79 Å². The van der Waals surface area contributed by atoms with E-state index in [9.17, 15) is 4.79 Å². The Balaban J connectivity index is 0.00000120. The second kappa shape index (κ2) is 5.72. The van der Waals surface area contributed by atoms with Gasteiger partial charge in [0, 0.05) is 32.7 Å². The van der Waals surface area contributed by atoms with Gasteiger partial charge in [0.2, 0.25) is 0 Å². The van der Waals surface area contributed by atoms with Crippen LogP contribution in [0.2, 0.25) is 0 Å². The van der Waals surface area contributed by atoms with Gasteiger partial charge in [-0.15, -0.1) is 0 Å². The van der Waals surface area contributed by atoms with Gasteiger partial charge in [0.1, 0.15) is 5.97 Å². The van der Waals surface area contributed by atoms with Gasteiger partial charge in [-0.25, -0.2) is 0 Å². The fourth-order valence-electron chi connectivity index (χ4n) is 4.47. The van der Waals surface area contributed by atoms with Crippen molar-refractivity contribution in [3.8, 4) is 0 Å². The van der Waals surface area contributed by atoms with Crippen LogP contribution in [0.4, 0.5) is 0 Å². The fourth-order valence-corrected chi connectivity index (χ4v) is 4.47. The summed E-state index contributed by atoms with van der Waals surface area (Å²) in [5.41, 5.74) is 0.0101. The zero-order valence-electron chi connectivity index (χ0n) is 10.7. The van der Waals surface area contributed by atoms with Crippen molar-refractivity contribution in [2.24, 2.45) is 17.8 Å². The number of carbonyl (C=O) groups excluding carboxylic acids is 1. The first kappa shape index (κ1) is 14.7. The number of rotatable bonds is 4. The minimum atomic E-state index is -0.519. The summed E-state index contributed by atoms with van der Waals surface area (Å²) in [4.78, 5) is 10.9. The monoisotopic (exact) mass is 324 g/mol. The van der Waals surface area contributed by atoms with Crippen LogP contribution in [0.15, 0.2) is 6.58 Å². The van der Waals surface area contributed by atoms with E-state index in [1.807, 2.05) is 0 Å². The predicted octanol–water partition coefficient (Wildman–Crippen LogP) is 2.46. The van der Waals surface area contributed by atoms with Gasteiger partial charge >= 0.3 is 0 Å². The molecule has 0 saturated heterocycles. The molecule has 4 saturated carbocycles. The quantitative estimate of drug-likeness (QED) is 0.345. The minimum absolute atomic E-state index is 0. The van der Waals surface area contributed by atoms with Gasteiger partial charge in [-0.05, 0) is 56.3 Å². The number of esters is 1. The van der Waals surface area contributed by atoms with Crippen molar-refractivity contribution in [1.29, 1.82) is 0 Å². The SMILES string of the molecule is C=[C-]C(=O)OCOC12CC3CC(CC(C3)C1)C2.[Y]. The molecule has 97 valence electrons. The van der Waals surface area contributed by atoms with Crippen LogP contribution in [0.5, 0.6) is 0 Å². The molecule has 4 aliphatic carbocycles. The van der Waals surface area contributed by atoms with E-state index >= 15 is 0 Å². The van der Waals surface area contributed by atoms with E-state index in [4.69, 9.17) is 9.47 Å². The third-order valence-corrected chi connectivity index (χ3v) is 4.68. The molecule has 0 aromatic heterocycles. The Morgan fingerprint density at radius 1 is 1.17 bits per heavy atom. The molecule has 0 atom stereocenters. The van der Waals surface area contributed by atoms with Crippen molar-refractivity contribution in [1.82, 2.24) is 0 Å². The predicted molar refractivity (Wildman–Crippen MR) is 61.8 cm³/mol. The second-order valence-corrected chi connectivity index (χ2v) is 5.97. The van der Waals surface area contributed by atoms with Crippen LogP contribution < -0.4 is 0 Å². The maximum Gasteiger partial charge on any atom is 0.190 e. The van der Waals surface area contributed by atoms with Gasteiger partial charge in [-0.3, -0.25) is 11.4 Å². The van der Waals surface area contributed by atoms with Crippen LogP contribution in [-0.2, 0) is 47.0 Å². The summed E-state index contributed by atoms with van der Waals surface area (Å²) in [7, 11) is 0. The number of hydrogen-bond acceptors (Lipinski definition) is 3. The molecule has 4 fully saturated rings.